The van der Waals surface area contributed by atoms with Gasteiger partial charge in [0.1, 0.15) is 12.4 Å². The standard InChI is InChI=1S/C9H8O3/c1-5-2-7-6(3-8(5)10)4-12-9(7)11/h2-3,10H,4H2,1H3. The molecule has 2 rings (SSSR count). The Kier molecular flexibility index (Phi) is 1.33. The van der Waals surface area contributed by atoms with E-state index in [9.17, 15) is 9.90 Å². The minimum absolute atomic E-state index is 0.215. The molecule has 0 amide bonds. The number of aryl methyl sites for hydroxylation is 1. The normalized spacial score (nSPS) is 14.2. The lowest BCUT2D eigenvalue weighted by Gasteiger charge is -1.99. The lowest BCUT2D eigenvalue weighted by Crippen LogP contribution is -1.93. The third-order valence-electron chi connectivity index (χ3n) is 2.00. The lowest BCUT2D eigenvalue weighted by molar-refractivity contribution is 0.0535. The maximum atomic E-state index is 11.0. The smallest absolute Gasteiger partial charge is 0.338 e. The van der Waals surface area contributed by atoms with E-state index in [2.05, 4.69) is 0 Å². The minimum Gasteiger partial charge on any atom is -0.508 e. The summed E-state index contributed by atoms with van der Waals surface area (Å²) in [5.74, 6) is -0.0832. The van der Waals surface area contributed by atoms with Gasteiger partial charge in [-0.15, -0.1) is 0 Å². The molecule has 0 saturated carbocycles. The second-order valence-corrected chi connectivity index (χ2v) is 2.87. The summed E-state index contributed by atoms with van der Waals surface area (Å²) < 4.78 is 4.78. The van der Waals surface area contributed by atoms with E-state index in [0.29, 0.717) is 11.1 Å². The van der Waals surface area contributed by atoms with E-state index in [1.807, 2.05) is 0 Å². The van der Waals surface area contributed by atoms with Gasteiger partial charge < -0.3 is 9.84 Å². The molecule has 0 aliphatic carbocycles. The van der Waals surface area contributed by atoms with E-state index < -0.39 is 0 Å². The average Bonchev–Trinajstić information content (AvgIpc) is 2.35. The van der Waals surface area contributed by atoms with Crippen LogP contribution in [0.5, 0.6) is 5.75 Å². The minimum atomic E-state index is -0.298. The van der Waals surface area contributed by atoms with Crippen LogP contribution in [0.1, 0.15) is 21.5 Å². The van der Waals surface area contributed by atoms with Crippen LogP contribution in [0.15, 0.2) is 12.1 Å². The maximum absolute atomic E-state index is 11.0. The molecular formula is C9H8O3. The van der Waals surface area contributed by atoms with Gasteiger partial charge in [-0.3, -0.25) is 0 Å². The zero-order valence-electron chi connectivity index (χ0n) is 6.63. The molecular weight excluding hydrogens is 156 g/mol. The Morgan fingerprint density at radius 3 is 3.00 bits per heavy atom. The molecule has 0 atom stereocenters. The zero-order valence-corrected chi connectivity index (χ0v) is 6.63. The first kappa shape index (κ1) is 7.16. The number of carbonyl (C=O) groups excluding carboxylic acids is 1. The highest BCUT2D eigenvalue weighted by atomic mass is 16.5. The number of hydrogen-bond donors (Lipinski definition) is 1. The highest BCUT2D eigenvalue weighted by Gasteiger charge is 2.21. The molecule has 1 aliphatic heterocycles. The molecule has 62 valence electrons. The number of phenolic OH excluding ortho intramolecular Hbond substituents is 1. The fourth-order valence-electron chi connectivity index (χ4n) is 1.27. The molecule has 0 aromatic heterocycles. The van der Waals surface area contributed by atoms with Crippen LogP contribution >= 0.6 is 0 Å². The summed E-state index contributed by atoms with van der Waals surface area (Å²) in [6.45, 7) is 2.03. The summed E-state index contributed by atoms with van der Waals surface area (Å²) in [6, 6.07) is 3.23. The fourth-order valence-corrected chi connectivity index (χ4v) is 1.27. The Morgan fingerprint density at radius 2 is 2.25 bits per heavy atom. The number of benzene rings is 1. The van der Waals surface area contributed by atoms with Crippen LogP contribution in [0.3, 0.4) is 0 Å². The van der Waals surface area contributed by atoms with Crippen molar-refractivity contribution in [3.63, 3.8) is 0 Å². The molecule has 12 heavy (non-hydrogen) atoms. The number of esters is 1. The number of phenols is 1. The Bertz CT molecular complexity index is 355. The molecule has 3 nitrogen and oxygen atoms in total. The highest BCUT2D eigenvalue weighted by Crippen LogP contribution is 2.26. The summed E-state index contributed by atoms with van der Waals surface area (Å²) in [5.41, 5.74) is 2.04. The number of hydrogen-bond acceptors (Lipinski definition) is 3. The second-order valence-electron chi connectivity index (χ2n) is 2.87. The van der Waals surface area contributed by atoms with Crippen molar-refractivity contribution in [3.8, 4) is 5.75 Å². The fraction of sp³-hybridized carbons (Fsp3) is 0.222. The molecule has 0 spiro atoms. The summed E-state index contributed by atoms with van der Waals surface area (Å²) in [5, 5.41) is 9.30. The first-order valence-electron chi connectivity index (χ1n) is 3.68. The van der Waals surface area contributed by atoms with Crippen molar-refractivity contribution in [2.24, 2.45) is 0 Å². The van der Waals surface area contributed by atoms with E-state index >= 15 is 0 Å². The predicted octanol–water partition coefficient (Wildman–Crippen LogP) is 1.37. The molecule has 1 heterocycles. The van der Waals surface area contributed by atoms with Gasteiger partial charge in [0.2, 0.25) is 0 Å². The number of rotatable bonds is 0. The van der Waals surface area contributed by atoms with E-state index in [4.69, 9.17) is 4.74 Å². The third-order valence-corrected chi connectivity index (χ3v) is 2.00. The number of carbonyl (C=O) groups is 1. The molecule has 0 fully saturated rings. The molecule has 1 aliphatic rings. The van der Waals surface area contributed by atoms with Gasteiger partial charge in [0.15, 0.2) is 0 Å². The van der Waals surface area contributed by atoms with Gasteiger partial charge >= 0.3 is 5.97 Å². The van der Waals surface area contributed by atoms with Crippen LogP contribution in [0.25, 0.3) is 0 Å². The quantitative estimate of drug-likeness (QED) is 0.589. The van der Waals surface area contributed by atoms with Crippen LogP contribution in [0, 0.1) is 6.92 Å². The van der Waals surface area contributed by atoms with E-state index in [-0.39, 0.29) is 18.3 Å². The van der Waals surface area contributed by atoms with Crippen molar-refractivity contribution < 1.29 is 14.6 Å². The summed E-state index contributed by atoms with van der Waals surface area (Å²) in [4.78, 5) is 11.0. The van der Waals surface area contributed by atoms with Crippen molar-refractivity contribution >= 4 is 5.97 Å². The number of ether oxygens (including phenoxy) is 1. The van der Waals surface area contributed by atoms with Crippen LogP contribution in [0.2, 0.25) is 0 Å². The SMILES string of the molecule is Cc1cc2c(cc1O)COC2=O. The lowest BCUT2D eigenvalue weighted by atomic mass is 10.1. The maximum Gasteiger partial charge on any atom is 0.338 e. The van der Waals surface area contributed by atoms with Crippen molar-refractivity contribution in [3.05, 3.63) is 28.8 Å². The van der Waals surface area contributed by atoms with Crippen LogP contribution in [0.4, 0.5) is 0 Å². The second kappa shape index (κ2) is 2.24. The summed E-state index contributed by atoms with van der Waals surface area (Å²) in [6.07, 6.45) is 0. The van der Waals surface area contributed by atoms with E-state index in [1.54, 1.807) is 19.1 Å². The molecule has 1 aromatic rings. The molecule has 1 aromatic carbocycles. The topological polar surface area (TPSA) is 46.5 Å². The average molecular weight is 164 g/mol. The molecule has 1 N–H and O–H groups in total. The van der Waals surface area contributed by atoms with E-state index in [1.165, 1.54) is 0 Å². The van der Waals surface area contributed by atoms with Crippen LogP contribution in [-0.4, -0.2) is 11.1 Å². The van der Waals surface area contributed by atoms with Crippen molar-refractivity contribution in [1.29, 1.82) is 0 Å². The van der Waals surface area contributed by atoms with Gasteiger partial charge in [-0.2, -0.15) is 0 Å². The molecule has 0 radical (unpaired) electrons. The Balaban J connectivity index is 2.63. The van der Waals surface area contributed by atoms with Gasteiger partial charge in [0, 0.05) is 5.56 Å². The van der Waals surface area contributed by atoms with Crippen molar-refractivity contribution in [1.82, 2.24) is 0 Å². The zero-order chi connectivity index (χ0) is 8.72. The monoisotopic (exact) mass is 164 g/mol. The van der Waals surface area contributed by atoms with Gasteiger partial charge in [-0.05, 0) is 24.6 Å². The Labute approximate surface area is 69.6 Å². The first-order valence-corrected chi connectivity index (χ1v) is 3.68. The predicted molar refractivity (Wildman–Crippen MR) is 42.0 cm³/mol. The molecule has 0 unspecified atom stereocenters. The summed E-state index contributed by atoms with van der Waals surface area (Å²) >= 11 is 0. The number of cyclic esters (lactones) is 1. The van der Waals surface area contributed by atoms with Gasteiger partial charge in [0.25, 0.3) is 0 Å². The number of fused-ring (bicyclic) bond motifs is 1. The van der Waals surface area contributed by atoms with Crippen molar-refractivity contribution in [2.45, 2.75) is 13.5 Å². The first-order chi connectivity index (χ1) is 5.68. The van der Waals surface area contributed by atoms with Crippen molar-refractivity contribution in [2.75, 3.05) is 0 Å². The molecule has 0 saturated heterocycles. The van der Waals surface area contributed by atoms with Crippen LogP contribution < -0.4 is 0 Å². The van der Waals surface area contributed by atoms with Gasteiger partial charge in [-0.1, -0.05) is 0 Å². The van der Waals surface area contributed by atoms with Crippen LogP contribution in [-0.2, 0) is 11.3 Å². The molecule has 3 heteroatoms. The third kappa shape index (κ3) is 0.863. The van der Waals surface area contributed by atoms with E-state index in [0.717, 1.165) is 5.56 Å². The van der Waals surface area contributed by atoms with Gasteiger partial charge in [0.05, 0.1) is 5.56 Å². The largest absolute Gasteiger partial charge is 0.508 e. The Morgan fingerprint density at radius 1 is 1.50 bits per heavy atom. The molecule has 0 bridgehead atoms. The van der Waals surface area contributed by atoms with Gasteiger partial charge in [-0.25, -0.2) is 4.79 Å². The Hall–Kier alpha value is -1.51. The highest BCUT2D eigenvalue weighted by molar-refractivity contribution is 5.93. The number of aromatic hydroxyl groups is 1. The summed E-state index contributed by atoms with van der Waals surface area (Å²) in [7, 11) is 0.